The molecule has 0 aliphatic heterocycles. The Morgan fingerprint density at radius 1 is 0.380 bits per heavy atom. The molecule has 0 saturated heterocycles. The monoisotopic (exact) mass is 672 g/mol. The zero-order chi connectivity index (χ0) is 35.6. The molecule has 0 atom stereocenters. The van der Waals surface area contributed by atoms with Gasteiger partial charge in [0.15, 0.2) is 0 Å². The van der Waals surface area contributed by atoms with E-state index in [1.54, 1.807) is 72.9 Å². The second-order valence-electron chi connectivity index (χ2n) is 9.92. The van der Waals surface area contributed by atoms with Crippen molar-refractivity contribution in [2.45, 2.75) is 0 Å². The molecule has 0 spiro atoms. The van der Waals surface area contributed by atoms with E-state index in [2.05, 4.69) is 19.9 Å². The molecule has 0 bridgehead atoms. The van der Waals surface area contributed by atoms with Crippen LogP contribution in [0.4, 0.5) is 23.3 Å². The molecule has 5 heterocycles. The lowest BCUT2D eigenvalue weighted by Crippen LogP contribution is -2.00. The maximum absolute atomic E-state index is 11.3. The van der Waals surface area contributed by atoms with E-state index in [0.29, 0.717) is 22.3 Å². The van der Waals surface area contributed by atoms with Crippen molar-refractivity contribution in [1.82, 2.24) is 29.9 Å². The Labute approximate surface area is 280 Å². The van der Waals surface area contributed by atoms with Gasteiger partial charge < -0.3 is 40.5 Å². The quantitative estimate of drug-likeness (QED) is 0.103. The summed E-state index contributed by atoms with van der Waals surface area (Å²) in [5, 5.41) is 45.0. The number of hydrogen-bond acceptors (Lipinski definition) is 14. The Morgan fingerprint density at radius 3 is 0.800 bits per heavy atom. The van der Waals surface area contributed by atoms with Gasteiger partial charge in [-0.15, -0.1) is 0 Å². The topological polar surface area (TPSA) is 250 Å². The van der Waals surface area contributed by atoms with Crippen LogP contribution in [0, 0.1) is 40.5 Å². The summed E-state index contributed by atoms with van der Waals surface area (Å²) in [6.07, 6.45) is 17.5. The van der Waals surface area contributed by atoms with Crippen LogP contribution in [-0.2, 0) is 0 Å². The Morgan fingerprint density at radius 2 is 0.600 bits per heavy atom. The third-order valence-electron chi connectivity index (χ3n) is 6.57. The highest BCUT2D eigenvalue weighted by atomic mass is 16.6. The molecule has 18 nitrogen and oxygen atoms in total. The van der Waals surface area contributed by atoms with Gasteiger partial charge in [0.1, 0.15) is 24.8 Å². The first-order valence-corrected chi connectivity index (χ1v) is 14.1. The Kier molecular flexibility index (Phi) is 10.2. The molecule has 0 aromatic carbocycles. The molecular weight excluding hydrogens is 652 g/mol. The fourth-order valence-corrected chi connectivity index (χ4v) is 4.23. The SMILES string of the molecule is O=[N+]([O-])c1cc(C=Cc2nc(C=Cc3ccnc([N+](=O)[O-])c3)c(C=Cc3ccnc([N+](=O)[O-])c3)nc2C=Cc2ccnc([N+](=O)[O-])c2)ccn1. The zero-order valence-corrected chi connectivity index (χ0v) is 25.3. The molecule has 246 valence electrons. The molecule has 0 aliphatic carbocycles. The van der Waals surface area contributed by atoms with Gasteiger partial charge in [0.2, 0.25) is 0 Å². The smallest absolute Gasteiger partial charge is 0.358 e. The van der Waals surface area contributed by atoms with Crippen molar-refractivity contribution < 1.29 is 19.7 Å². The second kappa shape index (κ2) is 15.2. The second-order valence-corrected chi connectivity index (χ2v) is 9.92. The van der Waals surface area contributed by atoms with Crippen LogP contribution >= 0.6 is 0 Å². The maximum Gasteiger partial charge on any atom is 0.363 e. The van der Waals surface area contributed by atoms with Crippen LogP contribution in [0.5, 0.6) is 0 Å². The summed E-state index contributed by atoms with van der Waals surface area (Å²) < 4.78 is 0. The van der Waals surface area contributed by atoms with Gasteiger partial charge in [0.05, 0.1) is 22.8 Å². The average Bonchev–Trinajstić information content (AvgIpc) is 3.12. The standard InChI is InChI=1S/C32H20N10O8/c43-39(44)29-17-21(9-13-33-29)1-5-25-26(6-2-22-10-14-34-30(18-22)40(45)46)38-28(8-4-24-12-16-36-32(20-24)42(49)50)27(37-25)7-3-23-11-15-35-31(19-23)41(47)48/h1-20H. The molecule has 0 radical (unpaired) electrons. The van der Waals surface area contributed by atoms with Crippen molar-refractivity contribution in [3.05, 3.63) is 159 Å². The third-order valence-corrected chi connectivity index (χ3v) is 6.57. The summed E-state index contributed by atoms with van der Waals surface area (Å²) in [4.78, 5) is 66.9. The summed E-state index contributed by atoms with van der Waals surface area (Å²) in [5.74, 6) is -1.48. The number of nitrogens with zero attached hydrogens (tertiary/aromatic N) is 10. The molecule has 5 rings (SSSR count). The van der Waals surface area contributed by atoms with Gasteiger partial charge in [-0.25, -0.2) is 9.97 Å². The van der Waals surface area contributed by atoms with E-state index in [1.165, 1.54) is 49.1 Å². The zero-order valence-electron chi connectivity index (χ0n) is 25.3. The van der Waals surface area contributed by atoms with Crippen molar-refractivity contribution in [2.24, 2.45) is 0 Å². The van der Waals surface area contributed by atoms with E-state index >= 15 is 0 Å². The van der Waals surface area contributed by atoms with Gasteiger partial charge in [0.25, 0.3) is 0 Å². The van der Waals surface area contributed by atoms with Crippen LogP contribution in [0.1, 0.15) is 45.0 Å². The predicted octanol–water partition coefficient (Wildman–Crippen LogP) is 6.37. The van der Waals surface area contributed by atoms with Crippen LogP contribution in [0.2, 0.25) is 0 Å². The van der Waals surface area contributed by atoms with Crippen LogP contribution in [-0.4, -0.2) is 49.6 Å². The minimum Gasteiger partial charge on any atom is -0.358 e. The van der Waals surface area contributed by atoms with Gasteiger partial charge in [-0.1, -0.05) is 24.3 Å². The lowest BCUT2D eigenvalue weighted by molar-refractivity contribution is -0.389. The van der Waals surface area contributed by atoms with Crippen molar-refractivity contribution in [3.63, 3.8) is 0 Å². The van der Waals surface area contributed by atoms with Crippen molar-refractivity contribution in [2.75, 3.05) is 0 Å². The fraction of sp³-hybridized carbons (Fsp3) is 0. The number of aromatic nitrogens is 6. The summed E-state index contributed by atoms with van der Waals surface area (Å²) in [5.41, 5.74) is 2.77. The molecule has 0 saturated carbocycles. The van der Waals surface area contributed by atoms with Crippen molar-refractivity contribution >= 4 is 71.9 Å². The molecular formula is C32H20N10O8. The average molecular weight is 673 g/mol. The van der Waals surface area contributed by atoms with Gasteiger partial charge in [-0.05, 0) is 110 Å². The molecule has 5 aromatic heterocycles. The third kappa shape index (κ3) is 8.73. The van der Waals surface area contributed by atoms with E-state index < -0.39 is 19.7 Å². The van der Waals surface area contributed by atoms with Crippen LogP contribution in [0.15, 0.2) is 73.3 Å². The van der Waals surface area contributed by atoms with Gasteiger partial charge in [-0.3, -0.25) is 0 Å². The molecule has 0 N–H and O–H groups in total. The maximum atomic E-state index is 11.3. The number of rotatable bonds is 12. The first kappa shape index (κ1) is 33.6. The minimum absolute atomic E-state index is 0.265. The largest absolute Gasteiger partial charge is 0.363 e. The van der Waals surface area contributed by atoms with Crippen LogP contribution in [0.3, 0.4) is 0 Å². The van der Waals surface area contributed by atoms with E-state index in [-0.39, 0.29) is 46.0 Å². The van der Waals surface area contributed by atoms with Crippen molar-refractivity contribution in [1.29, 1.82) is 0 Å². The van der Waals surface area contributed by atoms with E-state index in [0.717, 1.165) is 0 Å². The highest BCUT2D eigenvalue weighted by Crippen LogP contribution is 2.22. The van der Waals surface area contributed by atoms with Gasteiger partial charge >= 0.3 is 23.3 Å². The highest BCUT2D eigenvalue weighted by Gasteiger charge is 2.12. The van der Waals surface area contributed by atoms with E-state index in [1.807, 2.05) is 0 Å². The number of pyridine rings is 4. The molecule has 5 aromatic rings. The highest BCUT2D eigenvalue weighted by molar-refractivity contribution is 5.81. The van der Waals surface area contributed by atoms with Crippen molar-refractivity contribution in [3.8, 4) is 0 Å². The summed E-state index contributed by atoms with van der Waals surface area (Å²) in [7, 11) is 0. The molecule has 0 fully saturated rings. The Balaban J connectivity index is 1.66. The summed E-state index contributed by atoms with van der Waals surface area (Å²) >= 11 is 0. The predicted molar refractivity (Wildman–Crippen MR) is 181 cm³/mol. The minimum atomic E-state index is -0.635. The molecule has 50 heavy (non-hydrogen) atoms. The number of hydrogen-bond donors (Lipinski definition) is 0. The van der Waals surface area contributed by atoms with Gasteiger partial charge in [0, 0.05) is 24.3 Å². The summed E-state index contributed by atoms with van der Waals surface area (Å²) in [6, 6.07) is 11.2. The van der Waals surface area contributed by atoms with Crippen LogP contribution < -0.4 is 0 Å². The molecule has 0 amide bonds. The van der Waals surface area contributed by atoms with E-state index in [9.17, 15) is 40.5 Å². The Bertz CT molecular complexity index is 1960. The first-order chi connectivity index (χ1) is 24.0. The molecule has 0 unspecified atom stereocenters. The molecule has 0 aliphatic rings. The molecule has 18 heteroatoms. The summed E-state index contributed by atoms with van der Waals surface area (Å²) in [6.45, 7) is 0. The fourth-order valence-electron chi connectivity index (χ4n) is 4.23. The van der Waals surface area contributed by atoms with E-state index in [4.69, 9.17) is 9.97 Å². The first-order valence-electron chi connectivity index (χ1n) is 14.1. The Hall–Kier alpha value is -7.76. The van der Waals surface area contributed by atoms with Gasteiger partial charge in [-0.2, -0.15) is 0 Å². The lowest BCUT2D eigenvalue weighted by atomic mass is 10.1. The lowest BCUT2D eigenvalue weighted by Gasteiger charge is -2.07. The normalized spacial score (nSPS) is 11.5. The number of nitro groups is 4. The van der Waals surface area contributed by atoms with Crippen LogP contribution in [0.25, 0.3) is 48.6 Å².